The van der Waals surface area contributed by atoms with Crippen molar-refractivity contribution in [3.63, 3.8) is 0 Å². The van der Waals surface area contributed by atoms with E-state index in [4.69, 9.17) is 0 Å². The highest BCUT2D eigenvalue weighted by Crippen LogP contribution is 2.32. The van der Waals surface area contributed by atoms with Crippen molar-refractivity contribution in [3.05, 3.63) is 29.6 Å². The molecule has 0 radical (unpaired) electrons. The molecule has 1 nitrogen and oxygen atoms in total. The Hall–Kier alpha value is -0.850. The molecule has 1 aromatic heterocycles. The van der Waals surface area contributed by atoms with Crippen molar-refractivity contribution in [1.29, 1.82) is 0 Å². The Bertz CT molecular complexity index is 274. The third-order valence-corrected chi connectivity index (χ3v) is 3.25. The molecule has 0 aliphatic heterocycles. The Kier molecular flexibility index (Phi) is 3.07. The highest BCUT2D eigenvalue weighted by Gasteiger charge is 2.23. The van der Waals surface area contributed by atoms with Crippen LogP contribution in [0.4, 0.5) is 0 Å². The lowest BCUT2D eigenvalue weighted by atomic mass is 9.77. The maximum Gasteiger partial charge on any atom is 0.0308 e. The minimum Gasteiger partial charge on any atom is -0.264 e. The van der Waals surface area contributed by atoms with E-state index in [9.17, 15) is 0 Å². The average Bonchev–Trinajstić information content (AvgIpc) is 2.17. The van der Waals surface area contributed by atoms with Gasteiger partial charge in [-0.2, -0.15) is 0 Å². The van der Waals surface area contributed by atoms with E-state index in [0.29, 0.717) is 5.41 Å². The van der Waals surface area contributed by atoms with Gasteiger partial charge in [-0.15, -0.1) is 0 Å². The van der Waals surface area contributed by atoms with Gasteiger partial charge in [-0.3, -0.25) is 4.98 Å². The molecule has 0 unspecified atom stereocenters. The first-order valence-electron chi connectivity index (χ1n) is 5.05. The summed E-state index contributed by atoms with van der Waals surface area (Å²) < 4.78 is 0. The van der Waals surface area contributed by atoms with Gasteiger partial charge in [-0.05, 0) is 42.4 Å². The fourth-order valence-corrected chi connectivity index (χ4v) is 1.73. The summed E-state index contributed by atoms with van der Waals surface area (Å²) >= 11 is 0. The molecule has 0 spiro atoms. The Morgan fingerprint density at radius 2 is 1.92 bits per heavy atom. The van der Waals surface area contributed by atoms with E-state index < -0.39 is 0 Å². The zero-order valence-corrected chi connectivity index (χ0v) is 9.09. The molecule has 0 atom stereocenters. The lowest BCUT2D eigenvalue weighted by Gasteiger charge is -2.28. The summed E-state index contributed by atoms with van der Waals surface area (Å²) in [7, 11) is 0. The van der Waals surface area contributed by atoms with Crippen LogP contribution in [0.25, 0.3) is 0 Å². The number of hydrogen-bond acceptors (Lipinski definition) is 1. The van der Waals surface area contributed by atoms with Crippen LogP contribution in [-0.4, -0.2) is 4.98 Å². The molecule has 0 aliphatic carbocycles. The molecule has 1 rings (SSSR count). The number of aromatic nitrogens is 1. The van der Waals surface area contributed by atoms with Gasteiger partial charge in [0, 0.05) is 12.4 Å². The van der Waals surface area contributed by atoms with Crippen LogP contribution in [-0.2, 0) is 5.41 Å². The van der Waals surface area contributed by atoms with Gasteiger partial charge in [-0.25, -0.2) is 0 Å². The summed E-state index contributed by atoms with van der Waals surface area (Å²) in [6, 6.07) is 2.10. The topological polar surface area (TPSA) is 12.9 Å². The lowest BCUT2D eigenvalue weighted by Crippen LogP contribution is -2.20. The van der Waals surface area contributed by atoms with Crippen LogP contribution in [0.1, 0.15) is 44.7 Å². The number of pyridine rings is 1. The quantitative estimate of drug-likeness (QED) is 0.689. The van der Waals surface area contributed by atoms with E-state index in [1.54, 1.807) is 0 Å². The van der Waals surface area contributed by atoms with Crippen LogP contribution in [0.3, 0.4) is 0 Å². The molecule has 1 aromatic rings. The molecule has 72 valence electrons. The van der Waals surface area contributed by atoms with Crippen LogP contribution in [0.15, 0.2) is 18.5 Å². The monoisotopic (exact) mass is 177 g/mol. The van der Waals surface area contributed by atoms with Crippen molar-refractivity contribution in [2.75, 3.05) is 0 Å². The molecular formula is C12H19N. The lowest BCUT2D eigenvalue weighted by molar-refractivity contribution is 0.435. The minimum atomic E-state index is 0.304. The largest absolute Gasteiger partial charge is 0.264 e. The van der Waals surface area contributed by atoms with Gasteiger partial charge in [-0.1, -0.05) is 20.8 Å². The molecule has 0 saturated heterocycles. The zero-order chi connectivity index (χ0) is 9.90. The Morgan fingerprint density at radius 3 is 2.38 bits per heavy atom. The summed E-state index contributed by atoms with van der Waals surface area (Å²) in [5.41, 5.74) is 3.07. The standard InChI is InChI=1S/C12H19N/c1-5-12(4,6-2)11-9-13-8-7-10(11)3/h7-9H,5-6H2,1-4H3. The molecule has 0 aromatic carbocycles. The van der Waals surface area contributed by atoms with Gasteiger partial charge >= 0.3 is 0 Å². The fraction of sp³-hybridized carbons (Fsp3) is 0.583. The Morgan fingerprint density at radius 1 is 1.31 bits per heavy atom. The molecule has 0 N–H and O–H groups in total. The minimum absolute atomic E-state index is 0.304. The van der Waals surface area contributed by atoms with Crippen LogP contribution in [0.2, 0.25) is 0 Å². The van der Waals surface area contributed by atoms with Gasteiger partial charge in [0.15, 0.2) is 0 Å². The molecule has 0 aliphatic rings. The predicted molar refractivity (Wildman–Crippen MR) is 56.9 cm³/mol. The molecule has 1 heteroatoms. The first-order chi connectivity index (χ1) is 6.14. The normalized spacial score (nSPS) is 11.7. The number of aryl methyl sites for hydroxylation is 1. The van der Waals surface area contributed by atoms with Crippen molar-refractivity contribution >= 4 is 0 Å². The average molecular weight is 177 g/mol. The van der Waals surface area contributed by atoms with Gasteiger partial charge < -0.3 is 0 Å². The summed E-state index contributed by atoms with van der Waals surface area (Å²) in [5, 5.41) is 0. The van der Waals surface area contributed by atoms with Gasteiger partial charge in [0.25, 0.3) is 0 Å². The number of hydrogen-bond donors (Lipinski definition) is 0. The SMILES string of the molecule is CCC(C)(CC)c1cnccc1C. The van der Waals surface area contributed by atoms with Crippen LogP contribution >= 0.6 is 0 Å². The van der Waals surface area contributed by atoms with Crippen LogP contribution in [0.5, 0.6) is 0 Å². The van der Waals surface area contributed by atoms with E-state index in [1.165, 1.54) is 24.0 Å². The highest BCUT2D eigenvalue weighted by molar-refractivity contribution is 5.29. The number of rotatable bonds is 3. The zero-order valence-electron chi connectivity index (χ0n) is 9.09. The predicted octanol–water partition coefficient (Wildman–Crippen LogP) is 3.47. The molecule has 0 bridgehead atoms. The van der Waals surface area contributed by atoms with Crippen molar-refractivity contribution in [3.8, 4) is 0 Å². The molecule has 0 fully saturated rings. The maximum atomic E-state index is 4.21. The maximum absolute atomic E-state index is 4.21. The molecule has 13 heavy (non-hydrogen) atoms. The second-order valence-corrected chi connectivity index (χ2v) is 3.96. The van der Waals surface area contributed by atoms with E-state index in [2.05, 4.69) is 38.7 Å². The summed E-state index contributed by atoms with van der Waals surface area (Å²) in [4.78, 5) is 4.21. The van der Waals surface area contributed by atoms with Crippen molar-refractivity contribution < 1.29 is 0 Å². The Balaban J connectivity index is 3.12. The van der Waals surface area contributed by atoms with Gasteiger partial charge in [0.1, 0.15) is 0 Å². The van der Waals surface area contributed by atoms with Crippen molar-refractivity contribution in [2.45, 2.75) is 46.0 Å². The summed E-state index contributed by atoms with van der Waals surface area (Å²) in [6.07, 6.45) is 6.24. The second kappa shape index (κ2) is 3.91. The molecule has 1 heterocycles. The summed E-state index contributed by atoms with van der Waals surface area (Å²) in [6.45, 7) is 8.98. The third-order valence-electron chi connectivity index (χ3n) is 3.25. The number of nitrogens with zero attached hydrogens (tertiary/aromatic N) is 1. The van der Waals surface area contributed by atoms with E-state index in [1.807, 2.05) is 12.4 Å². The Labute approximate surface area is 81.2 Å². The van der Waals surface area contributed by atoms with E-state index in [0.717, 1.165) is 0 Å². The van der Waals surface area contributed by atoms with Crippen LogP contribution < -0.4 is 0 Å². The smallest absolute Gasteiger partial charge is 0.0308 e. The van der Waals surface area contributed by atoms with Gasteiger partial charge in [0.2, 0.25) is 0 Å². The van der Waals surface area contributed by atoms with E-state index >= 15 is 0 Å². The summed E-state index contributed by atoms with van der Waals surface area (Å²) in [5.74, 6) is 0. The second-order valence-electron chi connectivity index (χ2n) is 3.96. The van der Waals surface area contributed by atoms with Crippen molar-refractivity contribution in [2.24, 2.45) is 0 Å². The first-order valence-corrected chi connectivity index (χ1v) is 5.05. The highest BCUT2D eigenvalue weighted by atomic mass is 14.6. The molecular weight excluding hydrogens is 158 g/mol. The van der Waals surface area contributed by atoms with E-state index in [-0.39, 0.29) is 0 Å². The van der Waals surface area contributed by atoms with Crippen molar-refractivity contribution in [1.82, 2.24) is 4.98 Å². The molecule has 0 amide bonds. The first kappa shape index (κ1) is 10.2. The van der Waals surface area contributed by atoms with Gasteiger partial charge in [0.05, 0.1) is 0 Å². The third kappa shape index (κ3) is 1.90. The fourth-order valence-electron chi connectivity index (χ4n) is 1.73. The molecule has 0 saturated carbocycles. The van der Waals surface area contributed by atoms with Crippen LogP contribution in [0, 0.1) is 6.92 Å².